The molecule has 1 heterocycles. The van der Waals surface area contributed by atoms with Crippen LogP contribution in [0.1, 0.15) is 13.8 Å². The van der Waals surface area contributed by atoms with Crippen LogP contribution in [0.4, 0.5) is 5.69 Å². The molecule has 1 rings (SSSR count). The van der Waals surface area contributed by atoms with E-state index in [1.165, 1.54) is 0 Å². The van der Waals surface area contributed by atoms with Gasteiger partial charge in [-0.05, 0) is 25.3 Å². The number of hydrogen-bond donors (Lipinski definition) is 1. The predicted octanol–water partition coefficient (Wildman–Crippen LogP) is 2.56. The van der Waals surface area contributed by atoms with Crippen molar-refractivity contribution in [1.29, 1.82) is 0 Å². The molecule has 0 saturated carbocycles. The normalized spacial score (nSPS) is 10.8. The van der Waals surface area contributed by atoms with E-state index in [0.29, 0.717) is 19.8 Å². The molecule has 3 nitrogen and oxygen atoms in total. The van der Waals surface area contributed by atoms with E-state index in [1.54, 1.807) is 11.3 Å². The predicted molar refractivity (Wildman–Crippen MR) is 59.8 cm³/mol. The maximum atomic E-state index is 5.40. The molecule has 1 N–H and O–H groups in total. The Morgan fingerprint density at radius 2 is 2.07 bits per heavy atom. The van der Waals surface area contributed by atoms with Gasteiger partial charge < -0.3 is 14.8 Å². The zero-order valence-electron chi connectivity index (χ0n) is 8.66. The van der Waals surface area contributed by atoms with Crippen molar-refractivity contribution < 1.29 is 9.47 Å². The highest BCUT2D eigenvalue weighted by Crippen LogP contribution is 2.11. The number of anilines is 1. The Morgan fingerprint density at radius 1 is 1.36 bits per heavy atom. The third-order valence-corrected chi connectivity index (χ3v) is 2.38. The molecular formula is C10H17NO2S. The van der Waals surface area contributed by atoms with Crippen molar-refractivity contribution in [1.82, 2.24) is 0 Å². The van der Waals surface area contributed by atoms with Gasteiger partial charge in [-0.1, -0.05) is 0 Å². The van der Waals surface area contributed by atoms with Gasteiger partial charge in [0.1, 0.15) is 0 Å². The molecule has 4 heteroatoms. The lowest BCUT2D eigenvalue weighted by Crippen LogP contribution is -2.26. The van der Waals surface area contributed by atoms with E-state index in [9.17, 15) is 0 Å². The van der Waals surface area contributed by atoms with Gasteiger partial charge >= 0.3 is 0 Å². The summed E-state index contributed by atoms with van der Waals surface area (Å²) in [5.41, 5.74) is 1.12. The molecule has 0 unspecified atom stereocenters. The topological polar surface area (TPSA) is 30.5 Å². The molecule has 0 aliphatic carbocycles. The number of ether oxygens (including phenoxy) is 2. The van der Waals surface area contributed by atoms with E-state index in [0.717, 1.165) is 5.69 Å². The first-order valence-electron chi connectivity index (χ1n) is 4.86. The lowest BCUT2D eigenvalue weighted by atomic mass is 10.5. The van der Waals surface area contributed by atoms with Crippen molar-refractivity contribution in [2.75, 3.05) is 25.1 Å². The minimum atomic E-state index is -0.148. The van der Waals surface area contributed by atoms with Gasteiger partial charge in [0, 0.05) is 24.3 Å². The van der Waals surface area contributed by atoms with Crippen molar-refractivity contribution in [2.24, 2.45) is 0 Å². The molecule has 0 saturated heterocycles. The average Bonchev–Trinajstić information content (AvgIpc) is 2.67. The van der Waals surface area contributed by atoms with E-state index in [1.807, 2.05) is 25.3 Å². The zero-order chi connectivity index (χ0) is 10.2. The number of nitrogens with one attached hydrogen (secondary N) is 1. The van der Waals surface area contributed by atoms with Crippen LogP contribution in [0.15, 0.2) is 16.8 Å². The van der Waals surface area contributed by atoms with Crippen LogP contribution in [0.25, 0.3) is 0 Å². The summed E-state index contributed by atoms with van der Waals surface area (Å²) < 4.78 is 10.8. The van der Waals surface area contributed by atoms with Crippen LogP contribution in [-0.4, -0.2) is 26.0 Å². The second-order valence-electron chi connectivity index (χ2n) is 2.73. The van der Waals surface area contributed by atoms with E-state index in [-0.39, 0.29) is 6.29 Å². The van der Waals surface area contributed by atoms with Gasteiger partial charge in [-0.3, -0.25) is 0 Å². The van der Waals surface area contributed by atoms with Gasteiger partial charge in [-0.2, -0.15) is 11.3 Å². The maximum Gasteiger partial charge on any atom is 0.174 e. The molecule has 0 bridgehead atoms. The Hall–Kier alpha value is -0.580. The molecule has 1 aromatic heterocycles. The van der Waals surface area contributed by atoms with E-state index < -0.39 is 0 Å². The van der Waals surface area contributed by atoms with Crippen LogP contribution in [0.5, 0.6) is 0 Å². The van der Waals surface area contributed by atoms with Crippen LogP contribution >= 0.6 is 11.3 Å². The first kappa shape index (κ1) is 11.5. The van der Waals surface area contributed by atoms with Crippen molar-refractivity contribution in [3.63, 3.8) is 0 Å². The van der Waals surface area contributed by atoms with Gasteiger partial charge in [0.15, 0.2) is 6.29 Å². The quantitative estimate of drug-likeness (QED) is 0.709. The largest absolute Gasteiger partial charge is 0.379 e. The third-order valence-electron chi connectivity index (χ3n) is 1.70. The maximum absolute atomic E-state index is 5.40. The number of hydrogen-bond acceptors (Lipinski definition) is 4. The highest BCUT2D eigenvalue weighted by atomic mass is 32.1. The standard InChI is InChI=1S/C10H17NO2S/c1-3-12-10(13-4-2)7-11-9-5-6-14-8-9/h5-6,8,10-11H,3-4,7H2,1-2H3. The molecule has 0 aliphatic rings. The van der Waals surface area contributed by atoms with Gasteiger partial charge in [0.05, 0.1) is 6.54 Å². The zero-order valence-corrected chi connectivity index (χ0v) is 9.47. The lowest BCUT2D eigenvalue weighted by molar-refractivity contribution is -0.126. The Labute approximate surface area is 89.0 Å². The molecule has 0 amide bonds. The fourth-order valence-corrected chi connectivity index (χ4v) is 1.72. The van der Waals surface area contributed by atoms with E-state index in [4.69, 9.17) is 9.47 Å². The van der Waals surface area contributed by atoms with Crippen molar-refractivity contribution in [3.05, 3.63) is 16.8 Å². The smallest absolute Gasteiger partial charge is 0.174 e. The lowest BCUT2D eigenvalue weighted by Gasteiger charge is -2.17. The molecule has 14 heavy (non-hydrogen) atoms. The first-order valence-corrected chi connectivity index (χ1v) is 5.80. The van der Waals surface area contributed by atoms with Crippen LogP contribution in [0.2, 0.25) is 0 Å². The monoisotopic (exact) mass is 215 g/mol. The highest BCUT2D eigenvalue weighted by Gasteiger charge is 2.06. The molecule has 1 aromatic rings. The summed E-state index contributed by atoms with van der Waals surface area (Å²) in [6.45, 7) is 5.98. The van der Waals surface area contributed by atoms with Crippen LogP contribution in [-0.2, 0) is 9.47 Å². The summed E-state index contributed by atoms with van der Waals surface area (Å²) in [5, 5.41) is 7.36. The molecule has 80 valence electrons. The Morgan fingerprint density at radius 3 is 2.57 bits per heavy atom. The number of thiophene rings is 1. The molecule has 0 aromatic carbocycles. The second kappa shape index (κ2) is 6.81. The van der Waals surface area contributed by atoms with Gasteiger partial charge in [-0.25, -0.2) is 0 Å². The number of rotatable bonds is 7. The molecule has 0 aliphatic heterocycles. The highest BCUT2D eigenvalue weighted by molar-refractivity contribution is 7.08. The summed E-state index contributed by atoms with van der Waals surface area (Å²) in [7, 11) is 0. The Bertz CT molecular complexity index is 220. The summed E-state index contributed by atoms with van der Waals surface area (Å²) in [4.78, 5) is 0. The summed E-state index contributed by atoms with van der Waals surface area (Å²) in [5.74, 6) is 0. The average molecular weight is 215 g/mol. The van der Waals surface area contributed by atoms with E-state index >= 15 is 0 Å². The van der Waals surface area contributed by atoms with Crippen molar-refractivity contribution >= 4 is 17.0 Å². The second-order valence-corrected chi connectivity index (χ2v) is 3.51. The minimum Gasteiger partial charge on any atom is -0.379 e. The molecule has 0 fully saturated rings. The van der Waals surface area contributed by atoms with Crippen molar-refractivity contribution in [3.8, 4) is 0 Å². The molecule has 0 atom stereocenters. The summed E-state index contributed by atoms with van der Waals surface area (Å²) >= 11 is 1.67. The first-order chi connectivity index (χ1) is 6.86. The van der Waals surface area contributed by atoms with Gasteiger partial charge in [-0.15, -0.1) is 0 Å². The third kappa shape index (κ3) is 4.09. The van der Waals surface area contributed by atoms with Crippen LogP contribution < -0.4 is 5.32 Å². The van der Waals surface area contributed by atoms with Crippen LogP contribution in [0.3, 0.4) is 0 Å². The van der Waals surface area contributed by atoms with E-state index in [2.05, 4.69) is 10.7 Å². The minimum absolute atomic E-state index is 0.148. The Kier molecular flexibility index (Phi) is 5.59. The molecular weight excluding hydrogens is 198 g/mol. The van der Waals surface area contributed by atoms with Gasteiger partial charge in [0.2, 0.25) is 0 Å². The Balaban J connectivity index is 2.25. The molecule has 0 spiro atoms. The van der Waals surface area contributed by atoms with Crippen molar-refractivity contribution in [2.45, 2.75) is 20.1 Å². The van der Waals surface area contributed by atoms with Crippen LogP contribution in [0, 0.1) is 0 Å². The summed E-state index contributed by atoms with van der Waals surface area (Å²) in [6.07, 6.45) is -0.148. The SMILES string of the molecule is CCOC(CNc1ccsc1)OCC. The fraction of sp³-hybridized carbons (Fsp3) is 0.600. The fourth-order valence-electron chi connectivity index (χ4n) is 1.10. The molecule has 0 radical (unpaired) electrons. The summed E-state index contributed by atoms with van der Waals surface area (Å²) in [6, 6.07) is 2.04. The van der Waals surface area contributed by atoms with Gasteiger partial charge in [0.25, 0.3) is 0 Å².